The molecule has 0 amide bonds. The number of carbonyl (C=O) groups excluding carboxylic acids is 3. The van der Waals surface area contributed by atoms with Crippen molar-refractivity contribution in [2.75, 3.05) is 0 Å². The Morgan fingerprint density at radius 1 is 1.11 bits per heavy atom. The summed E-state index contributed by atoms with van der Waals surface area (Å²) in [4.78, 5) is 36.3. The van der Waals surface area contributed by atoms with Gasteiger partial charge in [-0.3, -0.25) is 14.4 Å². The van der Waals surface area contributed by atoms with E-state index >= 15 is 0 Å². The molecule has 0 aromatic heterocycles. The van der Waals surface area contributed by atoms with E-state index in [4.69, 9.17) is 4.74 Å². The van der Waals surface area contributed by atoms with Crippen LogP contribution < -0.4 is 0 Å². The van der Waals surface area contributed by atoms with Crippen LogP contribution in [0.2, 0.25) is 0 Å². The summed E-state index contributed by atoms with van der Waals surface area (Å²) in [6.07, 6.45) is 6.48. The minimum absolute atomic E-state index is 0.121. The third kappa shape index (κ3) is 2.51. The number of hydrogen-bond donors (Lipinski definition) is 1. The SMILES string of the molecule is CC(=O)O[C@@H]1C[C@H]2[C@@H](CC[C@]3(C)[C@@H]2CC[C@@]3(O)C(C)=O)[C@@]2(C)CCC(=O)C=C12. The van der Waals surface area contributed by atoms with Gasteiger partial charge in [-0.15, -0.1) is 0 Å². The standard InChI is InChI=1S/C23H32O5/c1-13(24)23(27)10-7-18-16-12-20(28-14(2)25)19-11-15(26)5-8-21(19,3)17(16)6-9-22(18,23)4/h11,16-18,20,27H,5-10,12H2,1-4H3/t16-,17+,18+,20+,21+,22+,23+/m0/s1. The van der Waals surface area contributed by atoms with E-state index in [1.165, 1.54) is 13.8 Å². The van der Waals surface area contributed by atoms with Crippen molar-refractivity contribution in [1.29, 1.82) is 0 Å². The Labute approximate surface area is 166 Å². The van der Waals surface area contributed by atoms with Crippen LogP contribution in [0.1, 0.15) is 72.6 Å². The van der Waals surface area contributed by atoms with Crippen LogP contribution in [0.4, 0.5) is 0 Å². The Balaban J connectivity index is 1.75. The molecule has 0 aliphatic heterocycles. The van der Waals surface area contributed by atoms with Gasteiger partial charge in [0, 0.05) is 18.8 Å². The quantitative estimate of drug-likeness (QED) is 0.734. The van der Waals surface area contributed by atoms with Crippen LogP contribution in [-0.4, -0.2) is 34.3 Å². The van der Waals surface area contributed by atoms with Gasteiger partial charge in [-0.1, -0.05) is 13.8 Å². The van der Waals surface area contributed by atoms with Gasteiger partial charge in [-0.25, -0.2) is 0 Å². The van der Waals surface area contributed by atoms with Crippen LogP contribution in [0, 0.1) is 28.6 Å². The summed E-state index contributed by atoms with van der Waals surface area (Å²) in [6.45, 7) is 7.25. The molecule has 154 valence electrons. The van der Waals surface area contributed by atoms with E-state index in [1.54, 1.807) is 6.08 Å². The zero-order valence-corrected chi connectivity index (χ0v) is 17.4. The molecule has 5 nitrogen and oxygen atoms in total. The molecule has 0 aromatic rings. The predicted octanol–water partition coefficient (Wildman–Crippen LogP) is 3.38. The lowest BCUT2D eigenvalue weighted by Crippen LogP contribution is -2.58. The van der Waals surface area contributed by atoms with Crippen LogP contribution >= 0.6 is 0 Å². The normalized spacial score (nSPS) is 47.5. The maximum atomic E-state index is 12.4. The molecular formula is C23H32O5. The van der Waals surface area contributed by atoms with E-state index in [0.29, 0.717) is 25.2 Å². The first-order chi connectivity index (χ1) is 13.0. The number of hydrogen-bond acceptors (Lipinski definition) is 5. The average Bonchev–Trinajstić information content (AvgIpc) is 2.89. The highest BCUT2D eigenvalue weighted by molar-refractivity contribution is 5.92. The number of carbonyl (C=O) groups is 3. The summed E-state index contributed by atoms with van der Waals surface area (Å²) in [5, 5.41) is 11.3. The minimum atomic E-state index is -1.25. The first-order valence-electron chi connectivity index (χ1n) is 10.7. The lowest BCUT2D eigenvalue weighted by Gasteiger charge is -2.60. The van der Waals surface area contributed by atoms with Crippen LogP contribution in [-0.2, 0) is 19.1 Å². The summed E-state index contributed by atoms with van der Waals surface area (Å²) in [5.74, 6) is 0.580. The van der Waals surface area contributed by atoms with Gasteiger partial charge in [0.15, 0.2) is 11.6 Å². The topological polar surface area (TPSA) is 80.7 Å². The second-order valence-electron chi connectivity index (χ2n) is 10.1. The van der Waals surface area contributed by atoms with Gasteiger partial charge >= 0.3 is 5.97 Å². The number of ether oxygens (including phenoxy) is 1. The van der Waals surface area contributed by atoms with E-state index in [1.807, 2.05) is 0 Å². The average molecular weight is 389 g/mol. The van der Waals surface area contributed by atoms with Gasteiger partial charge in [0.1, 0.15) is 11.7 Å². The minimum Gasteiger partial charge on any atom is -0.458 e. The number of rotatable bonds is 2. The molecule has 7 atom stereocenters. The summed E-state index contributed by atoms with van der Waals surface area (Å²) < 4.78 is 5.72. The molecule has 0 saturated heterocycles. The van der Waals surface area contributed by atoms with E-state index in [-0.39, 0.29) is 40.9 Å². The highest BCUT2D eigenvalue weighted by Crippen LogP contribution is 2.67. The number of fused-ring (bicyclic) bond motifs is 5. The fourth-order valence-corrected chi connectivity index (χ4v) is 7.49. The van der Waals surface area contributed by atoms with Crippen molar-refractivity contribution in [3.63, 3.8) is 0 Å². The maximum absolute atomic E-state index is 12.4. The molecule has 4 aliphatic rings. The van der Waals surface area contributed by atoms with Crippen molar-refractivity contribution in [1.82, 2.24) is 0 Å². The summed E-state index contributed by atoms with van der Waals surface area (Å²) >= 11 is 0. The second kappa shape index (κ2) is 6.25. The van der Waals surface area contributed by atoms with Gasteiger partial charge < -0.3 is 9.84 Å². The molecule has 0 spiro atoms. The monoisotopic (exact) mass is 388 g/mol. The van der Waals surface area contributed by atoms with Crippen LogP contribution in [0.25, 0.3) is 0 Å². The fraction of sp³-hybridized carbons (Fsp3) is 0.783. The smallest absolute Gasteiger partial charge is 0.303 e. The number of aliphatic hydroxyl groups is 1. The molecular weight excluding hydrogens is 356 g/mol. The van der Waals surface area contributed by atoms with Crippen molar-refractivity contribution in [2.45, 2.75) is 84.3 Å². The molecule has 5 heteroatoms. The Hall–Kier alpha value is -1.49. The Bertz CT molecular complexity index is 769. The van der Waals surface area contributed by atoms with E-state index < -0.39 is 11.0 Å². The fourth-order valence-electron chi connectivity index (χ4n) is 7.49. The van der Waals surface area contributed by atoms with Gasteiger partial charge in [-0.05, 0) is 80.3 Å². The largest absolute Gasteiger partial charge is 0.458 e. The van der Waals surface area contributed by atoms with E-state index in [9.17, 15) is 19.5 Å². The Kier molecular flexibility index (Phi) is 4.42. The van der Waals surface area contributed by atoms with E-state index in [0.717, 1.165) is 31.3 Å². The second-order valence-corrected chi connectivity index (χ2v) is 10.1. The zero-order valence-electron chi connectivity index (χ0n) is 17.4. The molecule has 4 rings (SSSR count). The van der Waals surface area contributed by atoms with Crippen molar-refractivity contribution in [3.05, 3.63) is 11.6 Å². The van der Waals surface area contributed by atoms with Crippen LogP contribution in [0.3, 0.4) is 0 Å². The molecule has 0 bridgehead atoms. The van der Waals surface area contributed by atoms with Crippen molar-refractivity contribution < 1.29 is 24.2 Å². The molecule has 0 unspecified atom stereocenters. The molecule has 1 N–H and O–H groups in total. The number of ketones is 2. The van der Waals surface area contributed by atoms with Gasteiger partial charge in [0.05, 0.1) is 0 Å². The van der Waals surface area contributed by atoms with Crippen molar-refractivity contribution in [3.8, 4) is 0 Å². The summed E-state index contributed by atoms with van der Waals surface area (Å²) in [7, 11) is 0. The molecule has 4 aliphatic carbocycles. The lowest BCUT2D eigenvalue weighted by atomic mass is 9.45. The third-order valence-corrected chi connectivity index (χ3v) is 9.00. The third-order valence-electron chi connectivity index (χ3n) is 9.00. The zero-order chi connectivity index (χ0) is 20.5. The molecule has 3 fully saturated rings. The van der Waals surface area contributed by atoms with Crippen LogP contribution in [0.15, 0.2) is 11.6 Å². The van der Waals surface area contributed by atoms with Crippen molar-refractivity contribution in [2.24, 2.45) is 28.6 Å². The van der Waals surface area contributed by atoms with E-state index in [2.05, 4.69) is 13.8 Å². The first-order valence-corrected chi connectivity index (χ1v) is 10.7. The molecule has 0 radical (unpaired) electrons. The summed E-state index contributed by atoms with van der Waals surface area (Å²) in [5.41, 5.74) is -0.847. The Morgan fingerprint density at radius 3 is 2.43 bits per heavy atom. The number of esters is 1. The molecule has 0 aromatic carbocycles. The highest BCUT2D eigenvalue weighted by Gasteiger charge is 2.66. The van der Waals surface area contributed by atoms with Gasteiger partial charge in [0.2, 0.25) is 0 Å². The van der Waals surface area contributed by atoms with Crippen LogP contribution in [0.5, 0.6) is 0 Å². The van der Waals surface area contributed by atoms with Gasteiger partial charge in [0.25, 0.3) is 0 Å². The highest BCUT2D eigenvalue weighted by atomic mass is 16.5. The Morgan fingerprint density at radius 2 is 1.79 bits per heavy atom. The summed E-state index contributed by atoms with van der Waals surface area (Å²) in [6, 6.07) is 0. The molecule has 28 heavy (non-hydrogen) atoms. The number of Topliss-reactive ketones (excluding diaryl/α,β-unsaturated/α-hetero) is 1. The predicted molar refractivity (Wildman–Crippen MR) is 103 cm³/mol. The maximum Gasteiger partial charge on any atom is 0.303 e. The lowest BCUT2D eigenvalue weighted by molar-refractivity contribution is -0.167. The molecule has 0 heterocycles. The van der Waals surface area contributed by atoms with Crippen molar-refractivity contribution >= 4 is 17.5 Å². The van der Waals surface area contributed by atoms with Gasteiger partial charge in [-0.2, -0.15) is 0 Å². The first kappa shape index (κ1) is 19.8. The molecule has 3 saturated carbocycles.